The molecule has 0 aliphatic carbocycles. The van der Waals surface area contributed by atoms with Crippen LogP contribution >= 0.6 is 0 Å². The zero-order valence-electron chi connectivity index (χ0n) is 12.4. The summed E-state index contributed by atoms with van der Waals surface area (Å²) in [5.74, 6) is 0. The molecule has 0 aliphatic rings. The van der Waals surface area contributed by atoms with Crippen molar-refractivity contribution in [3.8, 4) is 0 Å². The van der Waals surface area contributed by atoms with Crippen molar-refractivity contribution in [2.45, 2.75) is 54.2 Å². The summed E-state index contributed by atoms with van der Waals surface area (Å²) in [7, 11) is 0. The Balaban J connectivity index is 0. The second-order valence-corrected chi connectivity index (χ2v) is 3.49. The van der Waals surface area contributed by atoms with Crippen LogP contribution in [0.1, 0.15) is 38.8 Å². The molecule has 0 spiro atoms. The summed E-state index contributed by atoms with van der Waals surface area (Å²) in [6.07, 6.45) is 2.57. The summed E-state index contributed by atoms with van der Waals surface area (Å²) in [5, 5.41) is 17.9. The maximum Gasteiger partial charge on any atom is 0.187 e. The summed E-state index contributed by atoms with van der Waals surface area (Å²) in [4.78, 5) is 11.4. The summed E-state index contributed by atoms with van der Waals surface area (Å²) in [6.45, 7) is 11.5. The molecule has 1 aromatic heterocycles. The summed E-state index contributed by atoms with van der Waals surface area (Å²) in [5.41, 5.74) is 1.32. The lowest BCUT2D eigenvalue weighted by atomic mass is 10.2. The summed E-state index contributed by atoms with van der Waals surface area (Å²) < 4.78 is 1.72. The van der Waals surface area contributed by atoms with E-state index in [4.69, 9.17) is 5.11 Å². The highest BCUT2D eigenvalue weighted by atomic mass is 16.3. The molecule has 0 radical (unpaired) electrons. The predicted octanol–water partition coefficient (Wildman–Crippen LogP) is 1.87. The number of rotatable bonds is 3. The quantitative estimate of drug-likeness (QED) is 0.869. The standard InChI is InChI=1S/C10H15NO3.2C2H6/c1-7-3-11(5-9(13)6-12)4-8(2)10(7)14;2*1-2/h3-4,9,12-13H,5-6H2,1-2H3;2*1-2H3. The number of pyridine rings is 1. The smallest absolute Gasteiger partial charge is 0.187 e. The van der Waals surface area contributed by atoms with E-state index in [9.17, 15) is 9.90 Å². The van der Waals surface area contributed by atoms with Crippen LogP contribution in [0.5, 0.6) is 0 Å². The summed E-state index contributed by atoms with van der Waals surface area (Å²) >= 11 is 0. The molecule has 0 saturated heterocycles. The zero-order chi connectivity index (χ0) is 14.7. The molecule has 1 unspecified atom stereocenters. The van der Waals surface area contributed by atoms with Gasteiger partial charge in [0.2, 0.25) is 0 Å². The van der Waals surface area contributed by atoms with Gasteiger partial charge in [-0.2, -0.15) is 0 Å². The number of aromatic nitrogens is 1. The monoisotopic (exact) mass is 257 g/mol. The van der Waals surface area contributed by atoms with Crippen LogP contribution < -0.4 is 5.43 Å². The third-order valence-electron chi connectivity index (χ3n) is 2.07. The van der Waals surface area contributed by atoms with E-state index in [0.717, 1.165) is 0 Å². The Labute approximate surface area is 110 Å². The van der Waals surface area contributed by atoms with Crippen LogP contribution in [0.4, 0.5) is 0 Å². The Bertz CT molecular complexity index is 346. The van der Waals surface area contributed by atoms with Crippen LogP contribution in [0.3, 0.4) is 0 Å². The van der Waals surface area contributed by atoms with E-state index in [1.165, 1.54) is 0 Å². The van der Waals surface area contributed by atoms with Gasteiger partial charge in [-0.15, -0.1) is 0 Å². The first kappa shape index (κ1) is 19.2. The largest absolute Gasteiger partial charge is 0.394 e. The second kappa shape index (κ2) is 11.0. The first-order valence-corrected chi connectivity index (χ1v) is 6.51. The third kappa shape index (κ3) is 6.57. The average molecular weight is 257 g/mol. The molecule has 0 saturated carbocycles. The number of hydrogen-bond acceptors (Lipinski definition) is 3. The van der Waals surface area contributed by atoms with E-state index < -0.39 is 6.10 Å². The van der Waals surface area contributed by atoms with Gasteiger partial charge >= 0.3 is 0 Å². The van der Waals surface area contributed by atoms with Gasteiger partial charge in [0.15, 0.2) is 5.43 Å². The average Bonchev–Trinajstić information content (AvgIpc) is 2.40. The van der Waals surface area contributed by atoms with Crippen molar-refractivity contribution in [3.05, 3.63) is 33.7 Å². The van der Waals surface area contributed by atoms with Gasteiger partial charge < -0.3 is 14.8 Å². The van der Waals surface area contributed by atoms with Crippen LogP contribution in [-0.2, 0) is 6.54 Å². The Morgan fingerprint density at radius 2 is 1.50 bits per heavy atom. The van der Waals surface area contributed by atoms with Crippen molar-refractivity contribution >= 4 is 0 Å². The lowest BCUT2D eigenvalue weighted by molar-refractivity contribution is 0.0810. The summed E-state index contributed by atoms with van der Waals surface area (Å²) in [6, 6.07) is 0. The van der Waals surface area contributed by atoms with Crippen molar-refractivity contribution in [2.75, 3.05) is 6.61 Å². The van der Waals surface area contributed by atoms with E-state index in [-0.39, 0.29) is 12.0 Å². The second-order valence-electron chi connectivity index (χ2n) is 3.49. The predicted molar refractivity (Wildman–Crippen MR) is 76.0 cm³/mol. The normalized spacial score (nSPS) is 10.7. The Kier molecular flexibility index (Phi) is 11.7. The van der Waals surface area contributed by atoms with Crippen LogP contribution in [0.15, 0.2) is 17.2 Å². The Morgan fingerprint density at radius 1 is 1.11 bits per heavy atom. The highest BCUT2D eigenvalue weighted by molar-refractivity contribution is 5.16. The maximum absolute atomic E-state index is 11.4. The van der Waals surface area contributed by atoms with Gasteiger partial charge in [0.05, 0.1) is 19.3 Å². The number of aliphatic hydroxyl groups is 2. The first-order valence-electron chi connectivity index (χ1n) is 6.51. The molecule has 0 amide bonds. The van der Waals surface area contributed by atoms with Crippen LogP contribution in [-0.4, -0.2) is 27.5 Å². The molecular weight excluding hydrogens is 230 g/mol. The van der Waals surface area contributed by atoms with Crippen molar-refractivity contribution in [2.24, 2.45) is 0 Å². The molecule has 0 aliphatic heterocycles. The van der Waals surface area contributed by atoms with Gasteiger partial charge in [-0.05, 0) is 13.8 Å². The topological polar surface area (TPSA) is 62.5 Å². The molecule has 0 aromatic carbocycles. The van der Waals surface area contributed by atoms with Gasteiger partial charge in [-0.1, -0.05) is 27.7 Å². The minimum atomic E-state index is -0.781. The fourth-order valence-electron chi connectivity index (χ4n) is 1.37. The minimum Gasteiger partial charge on any atom is -0.394 e. The number of aryl methyl sites for hydroxylation is 2. The van der Waals surface area contributed by atoms with Gasteiger partial charge in [-0.3, -0.25) is 4.79 Å². The zero-order valence-corrected chi connectivity index (χ0v) is 12.4. The number of nitrogens with zero attached hydrogens (tertiary/aromatic N) is 1. The van der Waals surface area contributed by atoms with E-state index in [1.807, 2.05) is 27.7 Å². The van der Waals surface area contributed by atoms with Crippen LogP contribution in [0.2, 0.25) is 0 Å². The van der Waals surface area contributed by atoms with E-state index in [0.29, 0.717) is 17.7 Å². The van der Waals surface area contributed by atoms with Crippen molar-refractivity contribution in [1.29, 1.82) is 0 Å². The highest BCUT2D eigenvalue weighted by Crippen LogP contribution is 1.98. The molecule has 1 heterocycles. The molecule has 4 nitrogen and oxygen atoms in total. The van der Waals surface area contributed by atoms with Crippen molar-refractivity contribution in [3.63, 3.8) is 0 Å². The molecule has 0 bridgehead atoms. The SMILES string of the molecule is CC.CC.Cc1cn(CC(O)CO)cc(C)c1=O. The van der Waals surface area contributed by atoms with Crippen LogP contribution in [0.25, 0.3) is 0 Å². The van der Waals surface area contributed by atoms with E-state index in [1.54, 1.807) is 30.8 Å². The molecule has 1 rings (SSSR count). The lowest BCUT2D eigenvalue weighted by Gasteiger charge is -2.12. The molecule has 0 fully saturated rings. The van der Waals surface area contributed by atoms with E-state index in [2.05, 4.69) is 0 Å². The van der Waals surface area contributed by atoms with Gasteiger partial charge in [0.25, 0.3) is 0 Å². The molecule has 1 atom stereocenters. The minimum absolute atomic E-state index is 0.0275. The fourth-order valence-corrected chi connectivity index (χ4v) is 1.37. The number of aliphatic hydroxyl groups excluding tert-OH is 2. The van der Waals surface area contributed by atoms with Gasteiger partial charge in [-0.25, -0.2) is 0 Å². The highest BCUT2D eigenvalue weighted by Gasteiger charge is 2.04. The fraction of sp³-hybridized carbons (Fsp3) is 0.643. The maximum atomic E-state index is 11.4. The van der Waals surface area contributed by atoms with Crippen molar-refractivity contribution < 1.29 is 10.2 Å². The molecule has 1 aromatic rings. The molecule has 2 N–H and O–H groups in total. The Morgan fingerprint density at radius 3 is 1.83 bits per heavy atom. The molecule has 18 heavy (non-hydrogen) atoms. The molecule has 106 valence electrons. The van der Waals surface area contributed by atoms with Gasteiger partial charge in [0.1, 0.15) is 0 Å². The third-order valence-corrected chi connectivity index (χ3v) is 2.07. The molecular formula is C14H27NO3. The van der Waals surface area contributed by atoms with Gasteiger partial charge in [0, 0.05) is 23.5 Å². The lowest BCUT2D eigenvalue weighted by Crippen LogP contribution is -2.22. The molecule has 4 heteroatoms. The van der Waals surface area contributed by atoms with E-state index >= 15 is 0 Å². The van der Waals surface area contributed by atoms with Crippen LogP contribution in [0, 0.1) is 13.8 Å². The first-order chi connectivity index (χ1) is 8.54. The Hall–Kier alpha value is -1.13. The number of hydrogen-bond donors (Lipinski definition) is 2. The van der Waals surface area contributed by atoms with Crippen molar-refractivity contribution in [1.82, 2.24) is 4.57 Å².